The molecule has 4 aromatic rings. The first-order valence-electron chi connectivity index (χ1n) is 10.1. The molecule has 0 bridgehead atoms. The second-order valence-electron chi connectivity index (χ2n) is 7.96. The predicted octanol–water partition coefficient (Wildman–Crippen LogP) is 2.87. The standard InChI is InChI=1S/C22H21N5O3/c1-12-19(13(2)30-25-12)16-5-6-17-20-21(16)29-11-18(14-4-3-7-23-8-14)27(20)22(24-17)26-9-15(28)10-26/h3-8,15,18,28H,9-11H2,1-2H3/t18-/m0/s1. The topological polar surface area (TPSA) is 89.4 Å². The lowest BCUT2D eigenvalue weighted by atomic mass is 10.0. The molecule has 1 aromatic carbocycles. The summed E-state index contributed by atoms with van der Waals surface area (Å²) in [6, 6.07) is 7.99. The van der Waals surface area contributed by atoms with Gasteiger partial charge < -0.3 is 19.3 Å². The van der Waals surface area contributed by atoms with E-state index in [9.17, 15) is 5.11 Å². The second kappa shape index (κ2) is 6.30. The van der Waals surface area contributed by atoms with E-state index >= 15 is 0 Å². The van der Waals surface area contributed by atoms with E-state index in [0.29, 0.717) is 19.7 Å². The Morgan fingerprint density at radius 1 is 1.17 bits per heavy atom. The minimum absolute atomic E-state index is 0.0520. The van der Waals surface area contributed by atoms with Crippen molar-refractivity contribution in [3.05, 3.63) is 53.7 Å². The summed E-state index contributed by atoms with van der Waals surface area (Å²) in [7, 11) is 0. The van der Waals surface area contributed by atoms with Crippen LogP contribution in [0.2, 0.25) is 0 Å². The maximum Gasteiger partial charge on any atom is 0.207 e. The van der Waals surface area contributed by atoms with Crippen molar-refractivity contribution >= 4 is 17.0 Å². The summed E-state index contributed by atoms with van der Waals surface area (Å²) < 4.78 is 14.0. The van der Waals surface area contributed by atoms with Crippen molar-refractivity contribution in [1.29, 1.82) is 0 Å². The van der Waals surface area contributed by atoms with Crippen LogP contribution in [0, 0.1) is 13.8 Å². The maximum atomic E-state index is 9.87. The number of anilines is 1. The molecule has 0 spiro atoms. The minimum atomic E-state index is -0.313. The molecule has 6 rings (SSSR count). The van der Waals surface area contributed by atoms with Gasteiger partial charge in [-0.1, -0.05) is 11.2 Å². The molecule has 1 fully saturated rings. The highest BCUT2D eigenvalue weighted by Gasteiger charge is 2.36. The third-order valence-electron chi connectivity index (χ3n) is 6.00. The zero-order chi connectivity index (χ0) is 20.4. The van der Waals surface area contributed by atoms with Gasteiger partial charge in [-0.15, -0.1) is 0 Å². The molecule has 0 radical (unpaired) electrons. The summed E-state index contributed by atoms with van der Waals surface area (Å²) >= 11 is 0. The monoisotopic (exact) mass is 403 g/mol. The van der Waals surface area contributed by atoms with Crippen molar-refractivity contribution in [2.75, 3.05) is 24.6 Å². The van der Waals surface area contributed by atoms with Crippen LogP contribution in [-0.4, -0.2) is 50.6 Å². The third-order valence-corrected chi connectivity index (χ3v) is 6.00. The van der Waals surface area contributed by atoms with Gasteiger partial charge in [-0.2, -0.15) is 0 Å². The fraction of sp³-hybridized carbons (Fsp3) is 0.318. The van der Waals surface area contributed by atoms with Crippen LogP contribution in [-0.2, 0) is 0 Å². The average Bonchev–Trinajstić information content (AvgIpc) is 3.28. The Kier molecular flexibility index (Phi) is 3.67. The van der Waals surface area contributed by atoms with E-state index in [1.807, 2.05) is 38.2 Å². The average molecular weight is 403 g/mol. The third kappa shape index (κ3) is 2.40. The highest BCUT2D eigenvalue weighted by molar-refractivity contribution is 5.94. The van der Waals surface area contributed by atoms with Crippen molar-refractivity contribution in [1.82, 2.24) is 19.7 Å². The van der Waals surface area contributed by atoms with Crippen LogP contribution in [0.25, 0.3) is 22.2 Å². The molecule has 8 heteroatoms. The van der Waals surface area contributed by atoms with Crippen LogP contribution in [0.1, 0.15) is 23.1 Å². The minimum Gasteiger partial charge on any atom is -0.488 e. The van der Waals surface area contributed by atoms with Gasteiger partial charge in [-0.25, -0.2) is 4.98 Å². The zero-order valence-electron chi connectivity index (χ0n) is 16.7. The van der Waals surface area contributed by atoms with Crippen LogP contribution >= 0.6 is 0 Å². The summed E-state index contributed by atoms with van der Waals surface area (Å²) in [5, 5.41) is 14.0. The van der Waals surface area contributed by atoms with E-state index in [-0.39, 0.29) is 12.1 Å². The van der Waals surface area contributed by atoms with Crippen molar-refractivity contribution in [3.63, 3.8) is 0 Å². The largest absolute Gasteiger partial charge is 0.488 e. The zero-order valence-corrected chi connectivity index (χ0v) is 16.7. The first-order chi connectivity index (χ1) is 14.6. The number of aliphatic hydroxyl groups excluding tert-OH is 1. The van der Waals surface area contributed by atoms with Crippen molar-refractivity contribution < 1.29 is 14.4 Å². The van der Waals surface area contributed by atoms with Gasteiger partial charge in [0.1, 0.15) is 17.9 Å². The fourth-order valence-corrected chi connectivity index (χ4v) is 4.55. The number of nitrogens with zero attached hydrogens (tertiary/aromatic N) is 5. The molecule has 0 saturated carbocycles. The van der Waals surface area contributed by atoms with Gasteiger partial charge >= 0.3 is 0 Å². The number of benzene rings is 1. The van der Waals surface area contributed by atoms with Crippen LogP contribution in [0.4, 0.5) is 5.95 Å². The fourth-order valence-electron chi connectivity index (χ4n) is 4.55. The lowest BCUT2D eigenvalue weighted by Gasteiger charge is -2.38. The number of rotatable bonds is 3. The molecule has 0 amide bonds. The quantitative estimate of drug-likeness (QED) is 0.563. The molecule has 0 unspecified atom stereocenters. The summed E-state index contributed by atoms with van der Waals surface area (Å²) in [5.41, 5.74) is 5.63. The molecule has 8 nitrogen and oxygen atoms in total. The highest BCUT2D eigenvalue weighted by atomic mass is 16.5. The Hall–Kier alpha value is -3.39. The van der Waals surface area contributed by atoms with E-state index in [0.717, 1.165) is 50.9 Å². The van der Waals surface area contributed by atoms with Gasteiger partial charge in [0.15, 0.2) is 5.75 Å². The lowest BCUT2D eigenvalue weighted by molar-refractivity contribution is 0.139. The van der Waals surface area contributed by atoms with Crippen molar-refractivity contribution in [2.24, 2.45) is 0 Å². The Bertz CT molecular complexity index is 1240. The van der Waals surface area contributed by atoms with E-state index in [4.69, 9.17) is 14.2 Å². The van der Waals surface area contributed by atoms with Gasteiger partial charge in [-0.05, 0) is 37.6 Å². The Balaban J connectivity index is 1.62. The highest BCUT2D eigenvalue weighted by Crippen LogP contribution is 2.46. The number of ether oxygens (including phenoxy) is 1. The van der Waals surface area contributed by atoms with E-state index in [2.05, 4.69) is 25.7 Å². The molecule has 30 heavy (non-hydrogen) atoms. The smallest absolute Gasteiger partial charge is 0.207 e. The van der Waals surface area contributed by atoms with Gasteiger partial charge in [0, 0.05) is 31.0 Å². The first kappa shape index (κ1) is 17.5. The Labute approximate surface area is 172 Å². The number of aliphatic hydroxyl groups is 1. The molecule has 1 N–H and O–H groups in total. The number of β-amino-alcohol motifs (C(OH)–C–C–N with tert-alkyl or cyclic N) is 1. The van der Waals surface area contributed by atoms with Crippen LogP contribution in [0.5, 0.6) is 5.75 Å². The van der Waals surface area contributed by atoms with E-state index in [1.54, 1.807) is 6.20 Å². The van der Waals surface area contributed by atoms with Gasteiger partial charge in [0.2, 0.25) is 5.95 Å². The summed E-state index contributed by atoms with van der Waals surface area (Å²) in [6.07, 6.45) is 3.33. The summed E-state index contributed by atoms with van der Waals surface area (Å²) in [6.45, 7) is 5.48. The molecule has 5 heterocycles. The van der Waals surface area contributed by atoms with Crippen LogP contribution < -0.4 is 9.64 Å². The van der Waals surface area contributed by atoms with Gasteiger partial charge in [-0.3, -0.25) is 9.55 Å². The number of hydrogen-bond acceptors (Lipinski definition) is 7. The van der Waals surface area contributed by atoms with Gasteiger partial charge in [0.25, 0.3) is 0 Å². The number of aromatic nitrogens is 4. The molecule has 2 aliphatic heterocycles. The molecule has 1 saturated heterocycles. The van der Waals surface area contributed by atoms with Crippen molar-refractivity contribution in [2.45, 2.75) is 26.0 Å². The molecule has 0 aliphatic carbocycles. The summed E-state index contributed by atoms with van der Waals surface area (Å²) in [4.78, 5) is 11.3. The van der Waals surface area contributed by atoms with Gasteiger partial charge in [0.05, 0.1) is 28.9 Å². The predicted molar refractivity (Wildman–Crippen MR) is 111 cm³/mol. The van der Waals surface area contributed by atoms with Crippen LogP contribution in [0.15, 0.2) is 41.2 Å². The molecular formula is C22H21N5O3. The maximum absolute atomic E-state index is 9.87. The number of hydrogen-bond donors (Lipinski definition) is 1. The molecule has 3 aromatic heterocycles. The van der Waals surface area contributed by atoms with Crippen LogP contribution in [0.3, 0.4) is 0 Å². The molecule has 1 atom stereocenters. The number of aryl methyl sites for hydroxylation is 2. The number of imidazole rings is 1. The SMILES string of the molecule is Cc1noc(C)c1-c1ccc2nc(N3CC(O)C3)n3c2c1OC[C@H]3c1cccnc1. The molecule has 2 aliphatic rings. The summed E-state index contributed by atoms with van der Waals surface area (Å²) in [5.74, 6) is 2.41. The lowest BCUT2D eigenvalue weighted by Crippen LogP contribution is -2.52. The molecule has 152 valence electrons. The number of pyridine rings is 1. The molecular weight excluding hydrogens is 382 g/mol. The second-order valence-corrected chi connectivity index (χ2v) is 7.96. The normalized spacial score (nSPS) is 18.5. The van der Waals surface area contributed by atoms with Crippen molar-refractivity contribution in [3.8, 4) is 16.9 Å². The van der Waals surface area contributed by atoms with E-state index in [1.165, 1.54) is 0 Å². The van der Waals surface area contributed by atoms with E-state index < -0.39 is 0 Å². The Morgan fingerprint density at radius 3 is 2.73 bits per heavy atom. The Morgan fingerprint density at radius 2 is 2.03 bits per heavy atom. The first-order valence-corrected chi connectivity index (χ1v) is 10.1.